The van der Waals surface area contributed by atoms with Crippen LogP contribution < -0.4 is 0 Å². The molecule has 5 heteroatoms. The summed E-state index contributed by atoms with van der Waals surface area (Å²) in [6, 6.07) is 3.15. The lowest BCUT2D eigenvalue weighted by Crippen LogP contribution is -2.23. The summed E-state index contributed by atoms with van der Waals surface area (Å²) in [5.41, 5.74) is 0. The summed E-state index contributed by atoms with van der Waals surface area (Å²) in [7, 11) is 0. The molecule has 1 heterocycles. The fourth-order valence-corrected chi connectivity index (χ4v) is 1.24. The Morgan fingerprint density at radius 1 is 1.54 bits per heavy atom. The van der Waals surface area contributed by atoms with Crippen LogP contribution in [0.2, 0.25) is 0 Å². The van der Waals surface area contributed by atoms with Crippen LogP contribution >= 0.6 is 0 Å². The van der Waals surface area contributed by atoms with Crippen LogP contribution in [0.4, 0.5) is 0 Å². The van der Waals surface area contributed by atoms with E-state index >= 15 is 0 Å². The van der Waals surface area contributed by atoms with Crippen molar-refractivity contribution in [2.75, 3.05) is 11.5 Å². The van der Waals surface area contributed by atoms with Crippen LogP contribution in [-0.2, 0) is 30.0 Å². The van der Waals surface area contributed by atoms with Crippen LogP contribution in [0.15, 0.2) is 22.8 Å². The number of esters is 1. The SMILES string of the molecule is O=C(OC(C[S-])C[S-])c1ccco1. The molecule has 0 bridgehead atoms. The number of furan rings is 1. The molecule has 0 saturated carbocycles. The van der Waals surface area contributed by atoms with Crippen molar-refractivity contribution in [2.24, 2.45) is 0 Å². The molecule has 0 fully saturated rings. The fraction of sp³-hybridized carbons (Fsp3) is 0.375. The van der Waals surface area contributed by atoms with E-state index in [-0.39, 0.29) is 11.9 Å². The summed E-state index contributed by atoms with van der Waals surface area (Å²) in [5, 5.41) is 0. The molecule has 0 saturated heterocycles. The topological polar surface area (TPSA) is 39.4 Å². The molecule has 0 amide bonds. The number of carbonyl (C=O) groups is 1. The summed E-state index contributed by atoms with van der Waals surface area (Å²) in [6.45, 7) is 0. The molecule has 0 N–H and O–H groups in total. The van der Waals surface area contributed by atoms with Crippen molar-refractivity contribution in [1.82, 2.24) is 0 Å². The smallest absolute Gasteiger partial charge is 0.374 e. The quantitative estimate of drug-likeness (QED) is 0.552. The van der Waals surface area contributed by atoms with Crippen molar-refractivity contribution >= 4 is 31.2 Å². The van der Waals surface area contributed by atoms with Crippen molar-refractivity contribution in [3.8, 4) is 0 Å². The largest absolute Gasteiger partial charge is 0.789 e. The molecule has 0 spiro atoms. The van der Waals surface area contributed by atoms with Crippen LogP contribution in [0, 0.1) is 0 Å². The molecule has 0 unspecified atom stereocenters. The van der Waals surface area contributed by atoms with E-state index in [1.165, 1.54) is 12.3 Å². The number of hydrogen-bond donors (Lipinski definition) is 0. The zero-order valence-corrected chi connectivity index (χ0v) is 8.40. The summed E-state index contributed by atoms with van der Waals surface area (Å²) in [4.78, 5) is 11.2. The van der Waals surface area contributed by atoms with Gasteiger partial charge in [-0.25, -0.2) is 4.79 Å². The molecular weight excluding hydrogens is 208 g/mol. The van der Waals surface area contributed by atoms with Crippen molar-refractivity contribution in [3.05, 3.63) is 24.2 Å². The third-order valence-corrected chi connectivity index (χ3v) is 2.11. The van der Waals surface area contributed by atoms with Gasteiger partial charge in [0.05, 0.1) is 12.4 Å². The minimum absolute atomic E-state index is 0.178. The molecule has 0 aromatic carbocycles. The van der Waals surface area contributed by atoms with E-state index in [9.17, 15) is 4.79 Å². The predicted octanol–water partition coefficient (Wildman–Crippen LogP) is 0.899. The van der Waals surface area contributed by atoms with Gasteiger partial charge in [0, 0.05) is 0 Å². The van der Waals surface area contributed by atoms with Gasteiger partial charge < -0.3 is 34.4 Å². The maximum absolute atomic E-state index is 11.2. The third kappa shape index (κ3) is 3.00. The molecule has 0 radical (unpaired) electrons. The molecular formula is C8H8O3S2-2. The minimum Gasteiger partial charge on any atom is -0.789 e. The summed E-state index contributed by atoms with van der Waals surface area (Å²) in [5.74, 6) is 0.299. The normalized spacial score (nSPS) is 10.4. The van der Waals surface area contributed by atoms with E-state index in [1.54, 1.807) is 6.07 Å². The Morgan fingerprint density at radius 2 is 2.23 bits per heavy atom. The van der Waals surface area contributed by atoms with Gasteiger partial charge in [-0.15, -0.1) is 11.5 Å². The molecule has 0 atom stereocenters. The second-order valence-corrected chi connectivity index (χ2v) is 3.00. The molecule has 1 rings (SSSR count). The van der Waals surface area contributed by atoms with E-state index in [2.05, 4.69) is 0 Å². The van der Waals surface area contributed by atoms with Crippen LogP contribution in [0.25, 0.3) is 0 Å². The lowest BCUT2D eigenvalue weighted by Gasteiger charge is -2.22. The Balaban J connectivity index is 2.50. The minimum atomic E-state index is -0.510. The van der Waals surface area contributed by atoms with Crippen LogP contribution in [0.3, 0.4) is 0 Å². The average Bonchev–Trinajstić information content (AvgIpc) is 2.66. The predicted molar refractivity (Wildman–Crippen MR) is 52.4 cm³/mol. The van der Waals surface area contributed by atoms with Gasteiger partial charge in [-0.3, -0.25) is 0 Å². The van der Waals surface area contributed by atoms with Crippen LogP contribution in [0.1, 0.15) is 10.6 Å². The van der Waals surface area contributed by atoms with E-state index in [4.69, 9.17) is 34.4 Å². The maximum Gasteiger partial charge on any atom is 0.374 e. The number of rotatable bonds is 4. The van der Waals surface area contributed by atoms with Crippen molar-refractivity contribution in [2.45, 2.75) is 6.10 Å². The number of ether oxygens (including phenoxy) is 1. The van der Waals surface area contributed by atoms with Gasteiger partial charge in [-0.2, -0.15) is 0 Å². The first-order valence-electron chi connectivity index (χ1n) is 3.68. The van der Waals surface area contributed by atoms with Crippen molar-refractivity contribution in [1.29, 1.82) is 0 Å². The molecule has 1 aromatic rings. The lowest BCUT2D eigenvalue weighted by molar-refractivity contribution is 0.0358. The van der Waals surface area contributed by atoms with Crippen LogP contribution in [-0.4, -0.2) is 23.6 Å². The zero-order chi connectivity index (χ0) is 9.68. The number of hydrogen-bond acceptors (Lipinski definition) is 5. The Kier molecular flexibility index (Phi) is 4.24. The van der Waals surface area contributed by atoms with Gasteiger partial charge in [-0.05, 0) is 12.1 Å². The van der Waals surface area contributed by atoms with E-state index in [1.807, 2.05) is 0 Å². The van der Waals surface area contributed by atoms with Gasteiger partial charge in [0.2, 0.25) is 5.76 Å². The molecule has 72 valence electrons. The standard InChI is InChI=1S/C8H10O3S2/c9-8(7-2-1-3-10-7)11-6(4-12)5-13/h1-3,6,12-13H,4-5H2/p-2. The fourth-order valence-electron chi connectivity index (χ4n) is 0.720. The van der Waals surface area contributed by atoms with Crippen molar-refractivity contribution in [3.63, 3.8) is 0 Å². The van der Waals surface area contributed by atoms with Gasteiger partial charge >= 0.3 is 5.97 Å². The molecule has 0 aliphatic heterocycles. The highest BCUT2D eigenvalue weighted by atomic mass is 32.1. The first kappa shape index (κ1) is 10.5. The second-order valence-electron chi connectivity index (χ2n) is 2.34. The molecule has 0 aliphatic carbocycles. The molecule has 13 heavy (non-hydrogen) atoms. The van der Waals surface area contributed by atoms with E-state index < -0.39 is 5.97 Å². The molecule has 1 aromatic heterocycles. The van der Waals surface area contributed by atoms with E-state index in [0.717, 1.165) is 0 Å². The number of carbonyl (C=O) groups excluding carboxylic acids is 1. The third-order valence-electron chi connectivity index (χ3n) is 1.37. The van der Waals surface area contributed by atoms with E-state index in [0.29, 0.717) is 11.5 Å². The average molecular weight is 216 g/mol. The van der Waals surface area contributed by atoms with Gasteiger partial charge in [0.1, 0.15) is 0 Å². The first-order chi connectivity index (χ1) is 6.27. The van der Waals surface area contributed by atoms with Crippen LogP contribution in [0.5, 0.6) is 0 Å². The Hall–Kier alpha value is -0.550. The summed E-state index contributed by atoms with van der Waals surface area (Å²) >= 11 is 9.49. The molecule has 3 nitrogen and oxygen atoms in total. The monoisotopic (exact) mass is 216 g/mol. The summed E-state index contributed by atoms with van der Waals surface area (Å²) in [6.07, 6.45) is 1.04. The highest BCUT2D eigenvalue weighted by molar-refractivity contribution is 7.59. The lowest BCUT2D eigenvalue weighted by atomic mass is 10.4. The highest BCUT2D eigenvalue weighted by Crippen LogP contribution is 2.04. The Labute approximate surface area is 87.3 Å². The Morgan fingerprint density at radius 3 is 2.69 bits per heavy atom. The first-order valence-corrected chi connectivity index (χ1v) is 4.84. The maximum atomic E-state index is 11.2. The van der Waals surface area contributed by atoms with Gasteiger partial charge in [0.15, 0.2) is 0 Å². The van der Waals surface area contributed by atoms with Gasteiger partial charge in [-0.1, -0.05) is 0 Å². The molecule has 0 aliphatic rings. The summed E-state index contributed by atoms with van der Waals surface area (Å²) < 4.78 is 9.79. The zero-order valence-electron chi connectivity index (χ0n) is 6.76. The van der Waals surface area contributed by atoms with Gasteiger partial charge in [0.25, 0.3) is 0 Å². The highest BCUT2D eigenvalue weighted by Gasteiger charge is 2.11. The second kappa shape index (κ2) is 5.24. The van der Waals surface area contributed by atoms with Crippen molar-refractivity contribution < 1.29 is 13.9 Å². The Bertz CT molecular complexity index is 254.